The van der Waals surface area contributed by atoms with E-state index in [1.165, 1.54) is 9.75 Å². The Kier molecular flexibility index (Phi) is 3.05. The van der Waals surface area contributed by atoms with Crippen LogP contribution in [0.4, 0.5) is 0 Å². The summed E-state index contributed by atoms with van der Waals surface area (Å²) < 4.78 is 0. The number of nitrogens with two attached hydrogens (primary N) is 2. The Labute approximate surface area is 71.2 Å². The van der Waals surface area contributed by atoms with Gasteiger partial charge in [0.15, 0.2) is 0 Å². The van der Waals surface area contributed by atoms with Gasteiger partial charge in [-0.1, -0.05) is 0 Å². The Bertz CT molecular complexity index is 220. The molecule has 0 aliphatic heterocycles. The lowest BCUT2D eigenvalue weighted by atomic mass is 10.2. The van der Waals surface area contributed by atoms with Crippen molar-refractivity contribution >= 4 is 11.3 Å². The smallest absolute Gasteiger partial charge is 0.0401 e. The molecule has 0 fully saturated rings. The van der Waals surface area contributed by atoms with Gasteiger partial charge in [0.05, 0.1) is 0 Å². The Morgan fingerprint density at radius 1 is 1.55 bits per heavy atom. The molecule has 0 saturated carbocycles. The topological polar surface area (TPSA) is 52.0 Å². The van der Waals surface area contributed by atoms with E-state index >= 15 is 0 Å². The zero-order valence-corrected chi connectivity index (χ0v) is 7.53. The molecule has 1 rings (SSSR count). The van der Waals surface area contributed by atoms with E-state index in [0.717, 1.165) is 6.42 Å². The molecular formula is C8H14N2S. The van der Waals surface area contributed by atoms with Crippen LogP contribution >= 0.6 is 11.3 Å². The van der Waals surface area contributed by atoms with Gasteiger partial charge in [0.25, 0.3) is 0 Å². The first-order valence-electron chi connectivity index (χ1n) is 3.76. The SMILES string of the molecule is Cc1ccc([C@H](N)CCN)s1. The number of rotatable bonds is 3. The van der Waals surface area contributed by atoms with Crippen LogP contribution in [-0.2, 0) is 0 Å². The second-order valence-corrected chi connectivity index (χ2v) is 3.95. The molecule has 4 N–H and O–H groups in total. The second-order valence-electron chi connectivity index (χ2n) is 2.63. The maximum Gasteiger partial charge on any atom is 0.0401 e. The Hall–Kier alpha value is -0.380. The first kappa shape index (κ1) is 8.71. The van der Waals surface area contributed by atoms with Crippen LogP contribution in [0.5, 0.6) is 0 Å². The standard InChI is InChI=1S/C8H14N2S/c1-6-2-3-8(11-6)7(10)4-5-9/h2-3,7H,4-5,9-10H2,1H3/t7-/m1/s1. The van der Waals surface area contributed by atoms with Crippen molar-refractivity contribution in [3.63, 3.8) is 0 Å². The van der Waals surface area contributed by atoms with E-state index in [4.69, 9.17) is 11.5 Å². The molecule has 1 heterocycles. The average molecular weight is 170 g/mol. The first-order chi connectivity index (χ1) is 5.24. The van der Waals surface area contributed by atoms with Gasteiger partial charge >= 0.3 is 0 Å². The summed E-state index contributed by atoms with van der Waals surface area (Å²) in [4.78, 5) is 2.56. The highest BCUT2D eigenvalue weighted by Crippen LogP contribution is 2.22. The summed E-state index contributed by atoms with van der Waals surface area (Å²) in [6.45, 7) is 2.75. The summed E-state index contributed by atoms with van der Waals surface area (Å²) in [5.74, 6) is 0. The van der Waals surface area contributed by atoms with Gasteiger partial charge in [-0.05, 0) is 32.0 Å². The van der Waals surface area contributed by atoms with Crippen LogP contribution in [0.1, 0.15) is 22.2 Å². The quantitative estimate of drug-likeness (QED) is 0.720. The van der Waals surface area contributed by atoms with E-state index in [1.807, 2.05) is 0 Å². The molecule has 0 spiro atoms. The zero-order chi connectivity index (χ0) is 8.27. The summed E-state index contributed by atoms with van der Waals surface area (Å²) in [5, 5.41) is 0. The molecule has 11 heavy (non-hydrogen) atoms. The fourth-order valence-corrected chi connectivity index (χ4v) is 1.89. The van der Waals surface area contributed by atoms with Crippen molar-refractivity contribution in [2.75, 3.05) is 6.54 Å². The van der Waals surface area contributed by atoms with Crippen LogP contribution < -0.4 is 11.5 Å². The zero-order valence-electron chi connectivity index (χ0n) is 6.71. The van der Waals surface area contributed by atoms with Gasteiger partial charge in [-0.25, -0.2) is 0 Å². The van der Waals surface area contributed by atoms with E-state index < -0.39 is 0 Å². The lowest BCUT2D eigenvalue weighted by Gasteiger charge is -2.05. The summed E-state index contributed by atoms with van der Waals surface area (Å²) in [6, 6.07) is 4.31. The number of thiophene rings is 1. The van der Waals surface area contributed by atoms with E-state index in [1.54, 1.807) is 11.3 Å². The molecule has 0 radical (unpaired) electrons. The summed E-state index contributed by atoms with van der Waals surface area (Å²) in [5.41, 5.74) is 11.2. The molecular weight excluding hydrogens is 156 g/mol. The predicted molar refractivity (Wildman–Crippen MR) is 49.7 cm³/mol. The Morgan fingerprint density at radius 2 is 2.27 bits per heavy atom. The van der Waals surface area contributed by atoms with Gasteiger partial charge in [-0.15, -0.1) is 11.3 Å². The number of hydrogen-bond acceptors (Lipinski definition) is 3. The first-order valence-corrected chi connectivity index (χ1v) is 4.57. The minimum Gasteiger partial charge on any atom is -0.330 e. The van der Waals surface area contributed by atoms with Crippen molar-refractivity contribution < 1.29 is 0 Å². The molecule has 0 aliphatic carbocycles. The van der Waals surface area contributed by atoms with Gasteiger partial charge in [0, 0.05) is 15.8 Å². The van der Waals surface area contributed by atoms with Crippen molar-refractivity contribution in [2.24, 2.45) is 11.5 Å². The van der Waals surface area contributed by atoms with Gasteiger partial charge in [0.2, 0.25) is 0 Å². The third-order valence-electron chi connectivity index (χ3n) is 1.60. The Balaban J connectivity index is 2.60. The lowest BCUT2D eigenvalue weighted by molar-refractivity contribution is 0.672. The van der Waals surface area contributed by atoms with E-state index in [0.29, 0.717) is 6.54 Å². The van der Waals surface area contributed by atoms with Crippen molar-refractivity contribution in [3.8, 4) is 0 Å². The van der Waals surface area contributed by atoms with Crippen LogP contribution in [0.15, 0.2) is 12.1 Å². The molecule has 2 nitrogen and oxygen atoms in total. The second kappa shape index (κ2) is 3.85. The molecule has 0 aliphatic rings. The predicted octanol–water partition coefficient (Wildman–Crippen LogP) is 1.41. The van der Waals surface area contributed by atoms with Crippen LogP contribution in [0.25, 0.3) is 0 Å². The highest BCUT2D eigenvalue weighted by molar-refractivity contribution is 7.12. The molecule has 0 amide bonds. The van der Waals surface area contributed by atoms with Crippen molar-refractivity contribution in [3.05, 3.63) is 21.9 Å². The van der Waals surface area contributed by atoms with Gasteiger partial charge in [-0.2, -0.15) is 0 Å². The van der Waals surface area contributed by atoms with E-state index in [9.17, 15) is 0 Å². The third-order valence-corrected chi connectivity index (χ3v) is 2.74. The Morgan fingerprint density at radius 3 is 2.73 bits per heavy atom. The molecule has 0 bridgehead atoms. The van der Waals surface area contributed by atoms with E-state index in [2.05, 4.69) is 19.1 Å². The maximum atomic E-state index is 5.85. The van der Waals surface area contributed by atoms with E-state index in [-0.39, 0.29) is 6.04 Å². The normalized spacial score (nSPS) is 13.4. The minimum atomic E-state index is 0.138. The summed E-state index contributed by atoms with van der Waals surface area (Å²) >= 11 is 1.76. The fraction of sp³-hybridized carbons (Fsp3) is 0.500. The monoisotopic (exact) mass is 170 g/mol. The molecule has 62 valence electrons. The molecule has 0 aromatic carbocycles. The third kappa shape index (κ3) is 2.29. The van der Waals surface area contributed by atoms with Crippen LogP contribution in [0, 0.1) is 6.92 Å². The number of hydrogen-bond donors (Lipinski definition) is 2. The van der Waals surface area contributed by atoms with Gasteiger partial charge in [0.1, 0.15) is 0 Å². The van der Waals surface area contributed by atoms with Gasteiger partial charge in [-0.3, -0.25) is 0 Å². The molecule has 0 unspecified atom stereocenters. The highest BCUT2D eigenvalue weighted by Gasteiger charge is 2.05. The van der Waals surface area contributed by atoms with Crippen LogP contribution in [0.3, 0.4) is 0 Å². The lowest BCUT2D eigenvalue weighted by Crippen LogP contribution is -2.13. The van der Waals surface area contributed by atoms with Crippen LogP contribution in [0.2, 0.25) is 0 Å². The molecule has 0 saturated heterocycles. The summed E-state index contributed by atoms with van der Waals surface area (Å²) in [6.07, 6.45) is 0.875. The van der Waals surface area contributed by atoms with Gasteiger partial charge < -0.3 is 11.5 Å². The minimum absolute atomic E-state index is 0.138. The molecule has 1 aromatic heterocycles. The average Bonchev–Trinajstić information content (AvgIpc) is 2.36. The molecule has 3 heteroatoms. The maximum absolute atomic E-state index is 5.85. The van der Waals surface area contributed by atoms with Crippen molar-refractivity contribution in [1.82, 2.24) is 0 Å². The highest BCUT2D eigenvalue weighted by atomic mass is 32.1. The number of aryl methyl sites for hydroxylation is 1. The molecule has 1 aromatic rings. The van der Waals surface area contributed by atoms with Crippen molar-refractivity contribution in [2.45, 2.75) is 19.4 Å². The molecule has 1 atom stereocenters. The summed E-state index contributed by atoms with van der Waals surface area (Å²) in [7, 11) is 0. The van der Waals surface area contributed by atoms with Crippen molar-refractivity contribution in [1.29, 1.82) is 0 Å². The fourth-order valence-electron chi connectivity index (χ4n) is 0.975. The largest absolute Gasteiger partial charge is 0.330 e. The van der Waals surface area contributed by atoms with Crippen LogP contribution in [-0.4, -0.2) is 6.54 Å².